The minimum atomic E-state index is 0.620. The summed E-state index contributed by atoms with van der Waals surface area (Å²) in [4.78, 5) is 2.26. The highest BCUT2D eigenvalue weighted by Crippen LogP contribution is 2.04. The zero-order valence-corrected chi connectivity index (χ0v) is 11.6. The summed E-state index contributed by atoms with van der Waals surface area (Å²) < 4.78 is 0. The lowest BCUT2D eigenvalue weighted by atomic mass is 10.0. The van der Waals surface area contributed by atoms with Crippen LogP contribution in [0.5, 0.6) is 0 Å². The molecule has 0 aromatic rings. The van der Waals surface area contributed by atoms with Crippen LogP contribution in [0.4, 0.5) is 0 Å². The molecule has 2 nitrogen and oxygen atoms in total. The molecule has 0 amide bonds. The highest BCUT2D eigenvalue weighted by atomic mass is 15.1. The molecule has 0 saturated heterocycles. The summed E-state index contributed by atoms with van der Waals surface area (Å²) >= 11 is 0. The van der Waals surface area contributed by atoms with E-state index in [4.69, 9.17) is 0 Å². The van der Waals surface area contributed by atoms with Gasteiger partial charge in [-0.15, -0.1) is 6.58 Å². The van der Waals surface area contributed by atoms with Crippen molar-refractivity contribution in [3.8, 4) is 0 Å². The van der Waals surface area contributed by atoms with Crippen molar-refractivity contribution in [2.24, 2.45) is 5.92 Å². The number of likely N-dealkylation sites (N-methyl/N-ethyl adjacent to an activating group) is 1. The first kappa shape index (κ1) is 15.7. The molecule has 0 spiro atoms. The molecule has 0 aromatic carbocycles. The van der Waals surface area contributed by atoms with E-state index in [1.54, 1.807) is 0 Å². The maximum atomic E-state index is 3.74. The molecule has 0 aliphatic rings. The number of hydrogen-bond acceptors (Lipinski definition) is 2. The van der Waals surface area contributed by atoms with Crippen molar-refractivity contribution in [1.29, 1.82) is 0 Å². The lowest BCUT2D eigenvalue weighted by Gasteiger charge is -2.25. The van der Waals surface area contributed by atoms with Gasteiger partial charge in [-0.05, 0) is 45.8 Å². The van der Waals surface area contributed by atoms with E-state index in [2.05, 4.69) is 44.7 Å². The second kappa shape index (κ2) is 9.86. The van der Waals surface area contributed by atoms with Crippen LogP contribution >= 0.6 is 0 Å². The fraction of sp³-hybridized carbons (Fsp3) is 0.857. The molecular weight excluding hydrogens is 196 g/mol. The minimum absolute atomic E-state index is 0.620. The Labute approximate surface area is 102 Å². The van der Waals surface area contributed by atoms with Crippen LogP contribution in [0, 0.1) is 5.92 Å². The van der Waals surface area contributed by atoms with Gasteiger partial charge in [0.15, 0.2) is 0 Å². The molecule has 96 valence electrons. The van der Waals surface area contributed by atoms with Gasteiger partial charge in [-0.2, -0.15) is 0 Å². The average Bonchev–Trinajstić information content (AvgIpc) is 2.20. The summed E-state index contributed by atoms with van der Waals surface area (Å²) in [7, 11) is 4.28. The van der Waals surface area contributed by atoms with E-state index in [1.165, 1.54) is 19.3 Å². The molecule has 0 aliphatic carbocycles. The van der Waals surface area contributed by atoms with Crippen LogP contribution in [0.3, 0.4) is 0 Å². The van der Waals surface area contributed by atoms with Crippen LogP contribution in [-0.4, -0.2) is 38.1 Å². The number of nitrogens with zero attached hydrogens (tertiary/aromatic N) is 1. The predicted molar refractivity (Wildman–Crippen MR) is 73.8 cm³/mol. The van der Waals surface area contributed by atoms with Crippen molar-refractivity contribution in [2.45, 2.75) is 45.6 Å². The third-order valence-electron chi connectivity index (χ3n) is 2.86. The Morgan fingerprint density at radius 2 is 1.88 bits per heavy atom. The molecule has 0 aliphatic heterocycles. The molecule has 1 atom stereocenters. The van der Waals surface area contributed by atoms with Crippen molar-refractivity contribution in [3.63, 3.8) is 0 Å². The summed E-state index contributed by atoms with van der Waals surface area (Å²) in [5.41, 5.74) is 0. The van der Waals surface area contributed by atoms with Crippen molar-refractivity contribution in [2.75, 3.05) is 27.2 Å². The quantitative estimate of drug-likeness (QED) is 0.455. The maximum absolute atomic E-state index is 3.74. The fourth-order valence-electron chi connectivity index (χ4n) is 1.78. The molecule has 0 bridgehead atoms. The van der Waals surface area contributed by atoms with Gasteiger partial charge < -0.3 is 10.2 Å². The van der Waals surface area contributed by atoms with E-state index in [0.29, 0.717) is 12.0 Å². The van der Waals surface area contributed by atoms with Gasteiger partial charge in [0.2, 0.25) is 0 Å². The average molecular weight is 226 g/mol. The molecule has 0 saturated carbocycles. The van der Waals surface area contributed by atoms with Gasteiger partial charge >= 0.3 is 0 Å². The van der Waals surface area contributed by atoms with Gasteiger partial charge in [0.05, 0.1) is 0 Å². The van der Waals surface area contributed by atoms with Crippen LogP contribution in [0.15, 0.2) is 12.7 Å². The Morgan fingerprint density at radius 1 is 1.19 bits per heavy atom. The molecule has 0 fully saturated rings. The Bertz CT molecular complexity index is 164. The molecule has 1 unspecified atom stereocenters. The zero-order valence-electron chi connectivity index (χ0n) is 11.6. The summed E-state index contributed by atoms with van der Waals surface area (Å²) in [5, 5.41) is 3.66. The van der Waals surface area contributed by atoms with Gasteiger partial charge in [0.1, 0.15) is 0 Å². The van der Waals surface area contributed by atoms with E-state index in [1.807, 2.05) is 6.08 Å². The Kier molecular flexibility index (Phi) is 9.65. The third-order valence-corrected chi connectivity index (χ3v) is 2.86. The highest BCUT2D eigenvalue weighted by molar-refractivity contribution is 4.73. The normalized spacial score (nSPS) is 13.4. The van der Waals surface area contributed by atoms with Gasteiger partial charge in [-0.1, -0.05) is 26.3 Å². The number of unbranched alkanes of at least 4 members (excludes halogenated alkanes) is 3. The van der Waals surface area contributed by atoms with Gasteiger partial charge in [0.25, 0.3) is 0 Å². The van der Waals surface area contributed by atoms with E-state index in [0.717, 1.165) is 19.5 Å². The van der Waals surface area contributed by atoms with Crippen molar-refractivity contribution < 1.29 is 0 Å². The zero-order chi connectivity index (χ0) is 12.4. The summed E-state index contributed by atoms with van der Waals surface area (Å²) in [6, 6.07) is 0.620. The third kappa shape index (κ3) is 8.93. The van der Waals surface area contributed by atoms with Crippen molar-refractivity contribution in [3.05, 3.63) is 12.7 Å². The maximum Gasteiger partial charge on any atom is 0.0217 e. The highest BCUT2D eigenvalue weighted by Gasteiger charge is 2.12. The second-order valence-corrected chi connectivity index (χ2v) is 5.20. The van der Waals surface area contributed by atoms with Crippen LogP contribution in [0.1, 0.15) is 39.5 Å². The van der Waals surface area contributed by atoms with Gasteiger partial charge in [-0.3, -0.25) is 0 Å². The molecule has 16 heavy (non-hydrogen) atoms. The number of nitrogens with one attached hydrogen (secondary N) is 1. The summed E-state index contributed by atoms with van der Waals surface area (Å²) in [5.74, 6) is 0.704. The van der Waals surface area contributed by atoms with Crippen LogP contribution in [-0.2, 0) is 0 Å². The first-order chi connectivity index (χ1) is 7.57. The van der Waals surface area contributed by atoms with E-state index in [-0.39, 0.29) is 0 Å². The van der Waals surface area contributed by atoms with E-state index in [9.17, 15) is 0 Å². The first-order valence-electron chi connectivity index (χ1n) is 6.57. The van der Waals surface area contributed by atoms with Gasteiger partial charge in [-0.25, -0.2) is 0 Å². The predicted octanol–water partition coefficient (Wildman–Crippen LogP) is 2.91. The first-order valence-corrected chi connectivity index (χ1v) is 6.57. The van der Waals surface area contributed by atoms with Crippen LogP contribution < -0.4 is 5.32 Å². The number of allylic oxidation sites excluding steroid dienone is 1. The second-order valence-electron chi connectivity index (χ2n) is 5.20. The van der Waals surface area contributed by atoms with E-state index >= 15 is 0 Å². The van der Waals surface area contributed by atoms with Crippen LogP contribution in [0.2, 0.25) is 0 Å². The summed E-state index contributed by atoms with van der Waals surface area (Å²) in [6.07, 6.45) is 7.04. The molecular formula is C14H30N2. The van der Waals surface area contributed by atoms with Crippen molar-refractivity contribution >= 4 is 0 Å². The SMILES string of the molecule is C=CCCCCCNC(CN(C)C)C(C)C. The smallest absolute Gasteiger partial charge is 0.0217 e. The fourth-order valence-corrected chi connectivity index (χ4v) is 1.78. The van der Waals surface area contributed by atoms with E-state index < -0.39 is 0 Å². The van der Waals surface area contributed by atoms with Gasteiger partial charge in [0, 0.05) is 12.6 Å². The molecule has 0 heterocycles. The van der Waals surface area contributed by atoms with Crippen LogP contribution in [0.25, 0.3) is 0 Å². The Balaban J connectivity index is 3.56. The Hall–Kier alpha value is -0.340. The summed E-state index contributed by atoms with van der Waals surface area (Å²) in [6.45, 7) is 10.6. The largest absolute Gasteiger partial charge is 0.312 e. The van der Waals surface area contributed by atoms with Crippen molar-refractivity contribution in [1.82, 2.24) is 10.2 Å². The topological polar surface area (TPSA) is 15.3 Å². The molecule has 2 heteroatoms. The lowest BCUT2D eigenvalue weighted by Crippen LogP contribution is -2.42. The molecule has 1 N–H and O–H groups in total. The number of hydrogen-bond donors (Lipinski definition) is 1. The molecule has 0 rings (SSSR count). The number of rotatable bonds is 10. The minimum Gasteiger partial charge on any atom is -0.312 e. The Morgan fingerprint density at radius 3 is 2.38 bits per heavy atom. The molecule has 0 aromatic heterocycles. The molecule has 0 radical (unpaired) electrons. The monoisotopic (exact) mass is 226 g/mol. The standard InChI is InChI=1S/C14H30N2/c1-6-7-8-9-10-11-15-14(13(2)3)12-16(4)5/h6,13-15H,1,7-12H2,2-5H3. The lowest BCUT2D eigenvalue weighted by molar-refractivity contribution is 0.288.